The Balaban J connectivity index is 2.16. The zero-order chi connectivity index (χ0) is 5.82. The van der Waals surface area contributed by atoms with Gasteiger partial charge in [0, 0.05) is 5.92 Å². The van der Waals surface area contributed by atoms with E-state index in [4.69, 9.17) is 4.74 Å². The number of hydrogen-bond donors (Lipinski definition) is 0. The maximum Gasteiger partial charge on any atom is 0.0936 e. The van der Waals surface area contributed by atoms with Crippen molar-refractivity contribution in [2.45, 2.75) is 19.8 Å². The van der Waals surface area contributed by atoms with Gasteiger partial charge in [-0.15, -0.1) is 0 Å². The van der Waals surface area contributed by atoms with Crippen LogP contribution in [0.4, 0.5) is 0 Å². The largest absolute Gasteiger partial charge is 0.501 e. The Kier molecular flexibility index (Phi) is 1.95. The molecule has 0 saturated heterocycles. The molecule has 1 aliphatic rings. The predicted octanol–water partition coefficient (Wildman–Crippen LogP) is 1.95. The van der Waals surface area contributed by atoms with Crippen molar-refractivity contribution in [3.05, 3.63) is 12.3 Å². The van der Waals surface area contributed by atoms with Gasteiger partial charge in [0.15, 0.2) is 0 Å². The van der Waals surface area contributed by atoms with Gasteiger partial charge < -0.3 is 4.74 Å². The van der Waals surface area contributed by atoms with Gasteiger partial charge in [-0.3, -0.25) is 0 Å². The fourth-order valence-electron chi connectivity index (χ4n) is 0.952. The molecule has 0 N–H and O–H groups in total. The summed E-state index contributed by atoms with van der Waals surface area (Å²) in [6.45, 7) is 3.11. The van der Waals surface area contributed by atoms with Gasteiger partial charge >= 0.3 is 0 Å². The van der Waals surface area contributed by atoms with Gasteiger partial charge in [-0.1, -0.05) is 13.3 Å². The van der Waals surface area contributed by atoms with Crippen LogP contribution in [-0.2, 0) is 4.74 Å². The standard InChI is InChI=1S/C7H12O/c1-2-3-7-4-5-8-6-7/h4-5,7H,2-3,6H2,1H3. The second-order valence-electron chi connectivity index (χ2n) is 2.21. The molecule has 1 unspecified atom stereocenters. The minimum Gasteiger partial charge on any atom is -0.501 e. The molecule has 0 aromatic carbocycles. The Morgan fingerprint density at radius 1 is 1.75 bits per heavy atom. The Morgan fingerprint density at radius 3 is 3.12 bits per heavy atom. The molecule has 0 aromatic heterocycles. The first-order valence-corrected chi connectivity index (χ1v) is 3.21. The molecule has 1 nitrogen and oxygen atoms in total. The monoisotopic (exact) mass is 112 g/mol. The van der Waals surface area contributed by atoms with E-state index in [1.807, 2.05) is 0 Å². The van der Waals surface area contributed by atoms with Crippen LogP contribution in [0.3, 0.4) is 0 Å². The Hall–Kier alpha value is -0.460. The molecule has 0 radical (unpaired) electrons. The summed E-state index contributed by atoms with van der Waals surface area (Å²) in [5.74, 6) is 0.708. The summed E-state index contributed by atoms with van der Waals surface area (Å²) in [7, 11) is 0. The third-order valence-electron chi connectivity index (χ3n) is 1.42. The Labute approximate surface area is 50.3 Å². The fraction of sp³-hybridized carbons (Fsp3) is 0.714. The normalized spacial score (nSPS) is 25.9. The molecular formula is C7H12O. The molecule has 0 spiro atoms. The summed E-state index contributed by atoms with van der Waals surface area (Å²) >= 11 is 0. The lowest BCUT2D eigenvalue weighted by Gasteiger charge is -2.00. The van der Waals surface area contributed by atoms with Crippen molar-refractivity contribution in [1.82, 2.24) is 0 Å². The third kappa shape index (κ3) is 1.25. The molecule has 46 valence electrons. The summed E-state index contributed by atoms with van der Waals surface area (Å²) in [4.78, 5) is 0. The molecule has 1 atom stereocenters. The van der Waals surface area contributed by atoms with E-state index in [1.54, 1.807) is 6.26 Å². The van der Waals surface area contributed by atoms with Crippen LogP contribution in [0.5, 0.6) is 0 Å². The highest BCUT2D eigenvalue weighted by Gasteiger charge is 2.07. The molecule has 1 heteroatoms. The van der Waals surface area contributed by atoms with Crippen molar-refractivity contribution >= 4 is 0 Å². The second kappa shape index (κ2) is 2.75. The fourth-order valence-corrected chi connectivity index (χ4v) is 0.952. The lowest BCUT2D eigenvalue weighted by molar-refractivity contribution is 0.244. The van der Waals surface area contributed by atoms with Gasteiger partial charge in [-0.2, -0.15) is 0 Å². The molecule has 0 fully saturated rings. The highest BCUT2D eigenvalue weighted by atomic mass is 16.5. The first-order valence-electron chi connectivity index (χ1n) is 3.21. The van der Waals surface area contributed by atoms with Gasteiger partial charge in [0.05, 0.1) is 12.9 Å². The van der Waals surface area contributed by atoms with Crippen LogP contribution in [0.1, 0.15) is 19.8 Å². The molecule has 0 aliphatic carbocycles. The summed E-state index contributed by atoms with van der Waals surface area (Å²) < 4.78 is 5.03. The van der Waals surface area contributed by atoms with E-state index >= 15 is 0 Å². The average molecular weight is 112 g/mol. The molecule has 1 aliphatic heterocycles. The first-order chi connectivity index (χ1) is 3.93. The zero-order valence-corrected chi connectivity index (χ0v) is 5.26. The maximum absolute atomic E-state index is 5.03. The van der Waals surface area contributed by atoms with E-state index in [1.165, 1.54) is 12.8 Å². The topological polar surface area (TPSA) is 9.23 Å². The Bertz CT molecular complexity index is 86.4. The smallest absolute Gasteiger partial charge is 0.0936 e. The van der Waals surface area contributed by atoms with Crippen LogP contribution in [0, 0.1) is 5.92 Å². The van der Waals surface area contributed by atoms with Crippen LogP contribution < -0.4 is 0 Å². The van der Waals surface area contributed by atoms with Crippen molar-refractivity contribution in [1.29, 1.82) is 0 Å². The molecule has 1 rings (SSSR count). The highest BCUT2D eigenvalue weighted by molar-refractivity contribution is 4.88. The molecule has 1 heterocycles. The van der Waals surface area contributed by atoms with Gasteiger partial charge in [-0.25, -0.2) is 0 Å². The SMILES string of the molecule is CCCC1C=COC1. The molecule has 0 bridgehead atoms. The van der Waals surface area contributed by atoms with Crippen LogP contribution in [-0.4, -0.2) is 6.61 Å². The van der Waals surface area contributed by atoms with E-state index < -0.39 is 0 Å². The first kappa shape index (κ1) is 5.67. The van der Waals surface area contributed by atoms with E-state index in [9.17, 15) is 0 Å². The molecule has 0 aromatic rings. The van der Waals surface area contributed by atoms with Gasteiger partial charge in [0.1, 0.15) is 0 Å². The minimum atomic E-state index is 0.708. The lowest BCUT2D eigenvalue weighted by Crippen LogP contribution is -1.96. The maximum atomic E-state index is 5.03. The van der Waals surface area contributed by atoms with E-state index in [0.29, 0.717) is 5.92 Å². The van der Waals surface area contributed by atoms with E-state index in [-0.39, 0.29) is 0 Å². The summed E-state index contributed by atoms with van der Waals surface area (Å²) in [6.07, 6.45) is 6.48. The highest BCUT2D eigenvalue weighted by Crippen LogP contribution is 2.13. The van der Waals surface area contributed by atoms with Gasteiger partial charge in [0.25, 0.3) is 0 Å². The van der Waals surface area contributed by atoms with Crippen molar-refractivity contribution in [3.63, 3.8) is 0 Å². The van der Waals surface area contributed by atoms with E-state index in [0.717, 1.165) is 6.61 Å². The molecular weight excluding hydrogens is 100 g/mol. The van der Waals surface area contributed by atoms with Crippen molar-refractivity contribution < 1.29 is 4.74 Å². The van der Waals surface area contributed by atoms with E-state index in [2.05, 4.69) is 13.0 Å². The number of hydrogen-bond acceptors (Lipinski definition) is 1. The lowest BCUT2D eigenvalue weighted by atomic mass is 10.1. The van der Waals surface area contributed by atoms with Crippen molar-refractivity contribution in [2.75, 3.05) is 6.61 Å². The third-order valence-corrected chi connectivity index (χ3v) is 1.42. The summed E-state index contributed by atoms with van der Waals surface area (Å²) in [6, 6.07) is 0. The number of rotatable bonds is 2. The number of ether oxygens (including phenoxy) is 1. The summed E-state index contributed by atoms with van der Waals surface area (Å²) in [5, 5.41) is 0. The van der Waals surface area contributed by atoms with Gasteiger partial charge in [-0.05, 0) is 12.5 Å². The van der Waals surface area contributed by atoms with Crippen molar-refractivity contribution in [3.8, 4) is 0 Å². The molecule has 0 amide bonds. The minimum absolute atomic E-state index is 0.708. The van der Waals surface area contributed by atoms with Gasteiger partial charge in [0.2, 0.25) is 0 Å². The molecule has 8 heavy (non-hydrogen) atoms. The van der Waals surface area contributed by atoms with Crippen LogP contribution >= 0.6 is 0 Å². The molecule has 0 saturated carbocycles. The zero-order valence-electron chi connectivity index (χ0n) is 5.26. The van der Waals surface area contributed by atoms with Crippen molar-refractivity contribution in [2.24, 2.45) is 5.92 Å². The summed E-state index contributed by atoms with van der Waals surface area (Å²) in [5.41, 5.74) is 0. The Morgan fingerprint density at radius 2 is 2.62 bits per heavy atom. The van der Waals surface area contributed by atoms with Crippen LogP contribution in [0.15, 0.2) is 12.3 Å². The van der Waals surface area contributed by atoms with Crippen LogP contribution in [0.25, 0.3) is 0 Å². The predicted molar refractivity (Wildman–Crippen MR) is 33.5 cm³/mol. The second-order valence-corrected chi connectivity index (χ2v) is 2.21. The quantitative estimate of drug-likeness (QED) is 0.530. The average Bonchev–Trinajstić information content (AvgIpc) is 2.19. The van der Waals surface area contributed by atoms with Crippen LogP contribution in [0.2, 0.25) is 0 Å².